The average Bonchev–Trinajstić information content (AvgIpc) is 2.36. The fourth-order valence-electron chi connectivity index (χ4n) is 1.48. The van der Waals surface area contributed by atoms with Gasteiger partial charge in [-0.05, 0) is 26.2 Å². The van der Waals surface area contributed by atoms with E-state index in [0.717, 1.165) is 0 Å². The van der Waals surface area contributed by atoms with Crippen LogP contribution in [0.3, 0.4) is 0 Å². The monoisotopic (exact) mass is 280 g/mol. The molecule has 0 rings (SSSR count). The van der Waals surface area contributed by atoms with Gasteiger partial charge in [0.2, 0.25) is 0 Å². The summed E-state index contributed by atoms with van der Waals surface area (Å²) in [5.74, 6) is 0.0723. The van der Waals surface area contributed by atoms with Crippen molar-refractivity contribution in [3.05, 3.63) is 0 Å². The number of ether oxygens (including phenoxy) is 1. The summed E-state index contributed by atoms with van der Waals surface area (Å²) in [7, 11) is 0. The molecule has 0 bridgehead atoms. The third-order valence-corrected chi connectivity index (χ3v) is 2.67. The molecule has 7 nitrogen and oxygen atoms in total. The van der Waals surface area contributed by atoms with Crippen LogP contribution in [0.1, 0.15) is 32.6 Å². The minimum absolute atomic E-state index is 0.0723. The number of rotatable bonds is 11. The Kier molecular flexibility index (Phi) is 9.94. The molecule has 5 N–H and O–H groups in total. The molecule has 0 saturated carbocycles. The first-order valence-electron chi connectivity index (χ1n) is 6.34. The van der Waals surface area contributed by atoms with Gasteiger partial charge in [-0.25, -0.2) is 0 Å². The number of hydrogen-bond donors (Lipinski definition) is 5. The smallest absolute Gasteiger partial charge is 0.183 e. The van der Waals surface area contributed by atoms with Crippen LogP contribution in [0.15, 0.2) is 0 Å². The van der Waals surface area contributed by atoms with Crippen molar-refractivity contribution in [1.82, 2.24) is 0 Å². The number of hydrogen-bond acceptors (Lipinski definition) is 7. The van der Waals surface area contributed by atoms with Crippen LogP contribution in [0.25, 0.3) is 0 Å². The van der Waals surface area contributed by atoms with Crippen LogP contribution in [-0.2, 0) is 9.53 Å². The maximum Gasteiger partial charge on any atom is 0.183 e. The Morgan fingerprint density at radius 3 is 2.26 bits per heavy atom. The Balaban J connectivity index is 3.86. The van der Waals surface area contributed by atoms with Crippen molar-refractivity contribution in [2.45, 2.75) is 57.2 Å². The predicted molar refractivity (Wildman–Crippen MR) is 66.2 cm³/mol. The van der Waals surface area contributed by atoms with E-state index < -0.39 is 24.6 Å². The molecule has 0 aliphatic carbocycles. The highest BCUT2D eigenvalue weighted by Crippen LogP contribution is 2.09. The second kappa shape index (κ2) is 10.2. The van der Waals surface area contributed by atoms with Gasteiger partial charge >= 0.3 is 0 Å². The summed E-state index contributed by atoms with van der Waals surface area (Å²) in [6.07, 6.45) is -4.74. The number of aliphatic hydroxyl groups is 5. The molecule has 0 aliphatic rings. The van der Waals surface area contributed by atoms with E-state index in [9.17, 15) is 25.2 Å². The fraction of sp³-hybridized carbons (Fsp3) is 0.917. The van der Waals surface area contributed by atoms with E-state index in [4.69, 9.17) is 9.84 Å². The number of Topliss-reactive ketones (excluding diaryl/α,β-unsaturated/α-hetero) is 1. The Bertz CT molecular complexity index is 246. The Morgan fingerprint density at radius 1 is 1.11 bits per heavy atom. The third kappa shape index (κ3) is 8.25. The number of carbonyl (C=O) groups excluding carboxylic acids is 1. The lowest BCUT2D eigenvalue weighted by Gasteiger charge is -2.26. The van der Waals surface area contributed by atoms with E-state index in [-0.39, 0.29) is 25.4 Å². The normalized spacial score (nSPS) is 17.8. The van der Waals surface area contributed by atoms with Crippen molar-refractivity contribution in [3.63, 3.8) is 0 Å². The standard InChI is InChI=1S/C12H24O7/c1-8(14)4-2-3-7-19-12(18)11(17)10(16)9(15)5-6-13/h9-13,15-18H,2-7H2,1H3. The van der Waals surface area contributed by atoms with E-state index >= 15 is 0 Å². The largest absolute Gasteiger partial charge is 0.396 e. The summed E-state index contributed by atoms with van der Waals surface area (Å²) in [5.41, 5.74) is 0. The molecule has 0 heterocycles. The van der Waals surface area contributed by atoms with Crippen LogP contribution >= 0.6 is 0 Å². The van der Waals surface area contributed by atoms with Crippen molar-refractivity contribution in [2.75, 3.05) is 13.2 Å². The quantitative estimate of drug-likeness (QED) is 0.231. The van der Waals surface area contributed by atoms with Gasteiger partial charge in [0, 0.05) is 19.6 Å². The molecular formula is C12H24O7. The molecule has 0 radical (unpaired) electrons. The van der Waals surface area contributed by atoms with Crippen LogP contribution < -0.4 is 0 Å². The highest BCUT2D eigenvalue weighted by atomic mass is 16.6. The summed E-state index contributed by atoms with van der Waals surface area (Å²) in [5, 5.41) is 46.3. The molecule has 19 heavy (non-hydrogen) atoms. The Hall–Kier alpha value is -0.570. The summed E-state index contributed by atoms with van der Waals surface area (Å²) >= 11 is 0. The zero-order valence-electron chi connectivity index (χ0n) is 11.1. The predicted octanol–water partition coefficient (Wildman–Crippen LogP) is -1.45. The van der Waals surface area contributed by atoms with Crippen LogP contribution in [0.4, 0.5) is 0 Å². The van der Waals surface area contributed by atoms with Gasteiger partial charge in [0.1, 0.15) is 18.0 Å². The molecule has 0 aromatic rings. The van der Waals surface area contributed by atoms with Crippen molar-refractivity contribution in [3.8, 4) is 0 Å². The summed E-state index contributed by atoms with van der Waals surface area (Å²) < 4.78 is 4.90. The minimum Gasteiger partial charge on any atom is -0.396 e. The first kappa shape index (κ1) is 18.4. The molecule has 0 aromatic heterocycles. The second-order valence-electron chi connectivity index (χ2n) is 4.48. The lowest BCUT2D eigenvalue weighted by Crippen LogP contribution is -2.45. The van der Waals surface area contributed by atoms with E-state index in [1.807, 2.05) is 0 Å². The second-order valence-corrected chi connectivity index (χ2v) is 4.48. The number of ketones is 1. The molecule has 0 fully saturated rings. The Morgan fingerprint density at radius 2 is 1.74 bits per heavy atom. The SMILES string of the molecule is CC(=O)CCCCOC(O)C(O)C(O)C(O)CCO. The molecule has 0 saturated heterocycles. The summed E-state index contributed by atoms with van der Waals surface area (Å²) in [6, 6.07) is 0. The van der Waals surface area contributed by atoms with Crippen LogP contribution in [0.2, 0.25) is 0 Å². The van der Waals surface area contributed by atoms with Crippen LogP contribution in [0.5, 0.6) is 0 Å². The topological polar surface area (TPSA) is 127 Å². The molecular weight excluding hydrogens is 256 g/mol. The van der Waals surface area contributed by atoms with Gasteiger partial charge < -0.3 is 35.1 Å². The molecule has 0 aliphatic heterocycles. The molecule has 4 unspecified atom stereocenters. The van der Waals surface area contributed by atoms with Gasteiger partial charge in [-0.1, -0.05) is 0 Å². The molecule has 4 atom stereocenters. The molecule has 0 aromatic carbocycles. The Labute approximate surface area is 112 Å². The fourth-order valence-corrected chi connectivity index (χ4v) is 1.48. The molecule has 0 spiro atoms. The van der Waals surface area contributed by atoms with Gasteiger partial charge in [0.25, 0.3) is 0 Å². The number of unbranched alkanes of at least 4 members (excludes halogenated alkanes) is 1. The average molecular weight is 280 g/mol. The first-order valence-corrected chi connectivity index (χ1v) is 6.34. The van der Waals surface area contributed by atoms with Gasteiger partial charge in [-0.3, -0.25) is 0 Å². The highest BCUT2D eigenvalue weighted by molar-refractivity contribution is 5.75. The van der Waals surface area contributed by atoms with Gasteiger partial charge in [-0.15, -0.1) is 0 Å². The van der Waals surface area contributed by atoms with E-state index in [0.29, 0.717) is 19.3 Å². The van der Waals surface area contributed by atoms with Crippen molar-refractivity contribution >= 4 is 5.78 Å². The zero-order chi connectivity index (χ0) is 14.8. The lowest BCUT2D eigenvalue weighted by atomic mass is 10.1. The molecule has 0 amide bonds. The maximum atomic E-state index is 10.7. The van der Waals surface area contributed by atoms with Crippen molar-refractivity contribution in [2.24, 2.45) is 0 Å². The van der Waals surface area contributed by atoms with Crippen LogP contribution in [-0.4, -0.2) is 69.1 Å². The minimum atomic E-state index is -1.66. The maximum absolute atomic E-state index is 10.7. The van der Waals surface area contributed by atoms with Gasteiger partial charge in [0.15, 0.2) is 6.29 Å². The van der Waals surface area contributed by atoms with Gasteiger partial charge in [-0.2, -0.15) is 0 Å². The summed E-state index contributed by atoms with van der Waals surface area (Å²) in [6.45, 7) is 1.28. The van der Waals surface area contributed by atoms with Crippen molar-refractivity contribution < 1.29 is 35.1 Å². The number of carbonyl (C=O) groups is 1. The molecule has 7 heteroatoms. The summed E-state index contributed by atoms with van der Waals surface area (Å²) in [4.78, 5) is 10.7. The first-order chi connectivity index (χ1) is 8.90. The molecule has 114 valence electrons. The van der Waals surface area contributed by atoms with E-state index in [1.165, 1.54) is 6.92 Å². The zero-order valence-corrected chi connectivity index (χ0v) is 11.1. The van der Waals surface area contributed by atoms with Crippen molar-refractivity contribution in [1.29, 1.82) is 0 Å². The van der Waals surface area contributed by atoms with E-state index in [1.54, 1.807) is 0 Å². The van der Waals surface area contributed by atoms with E-state index in [2.05, 4.69) is 0 Å². The number of aliphatic hydroxyl groups excluding tert-OH is 5. The highest BCUT2D eigenvalue weighted by Gasteiger charge is 2.30. The van der Waals surface area contributed by atoms with Gasteiger partial charge in [0.05, 0.1) is 6.10 Å². The lowest BCUT2D eigenvalue weighted by molar-refractivity contribution is -0.203. The van der Waals surface area contributed by atoms with Crippen LogP contribution in [0, 0.1) is 0 Å². The third-order valence-electron chi connectivity index (χ3n) is 2.67.